The van der Waals surface area contributed by atoms with Crippen molar-refractivity contribution in [3.63, 3.8) is 0 Å². The van der Waals surface area contributed by atoms with Crippen LogP contribution in [-0.2, 0) is 14.8 Å². The summed E-state index contributed by atoms with van der Waals surface area (Å²) >= 11 is 0. The predicted octanol–water partition coefficient (Wildman–Crippen LogP) is 3.75. The SMILES string of the molecule is Cc1ccc(C(=O)O[C@@H]2CCCC[C@H]2NS(=O)(=O)c2ccc(C)cc2)cc1. The van der Waals surface area contributed by atoms with E-state index in [1.54, 1.807) is 36.4 Å². The smallest absolute Gasteiger partial charge is 0.338 e. The van der Waals surface area contributed by atoms with Crippen LogP contribution in [0, 0.1) is 13.8 Å². The molecule has 0 amide bonds. The summed E-state index contributed by atoms with van der Waals surface area (Å²) in [7, 11) is -3.66. The maximum Gasteiger partial charge on any atom is 0.338 e. The van der Waals surface area contributed by atoms with E-state index in [0.717, 1.165) is 24.0 Å². The first kappa shape index (κ1) is 19.6. The van der Waals surface area contributed by atoms with Gasteiger partial charge >= 0.3 is 5.97 Å². The van der Waals surface area contributed by atoms with Gasteiger partial charge in [-0.25, -0.2) is 17.9 Å². The summed E-state index contributed by atoms with van der Waals surface area (Å²) in [5, 5.41) is 0. The number of nitrogens with one attached hydrogen (secondary N) is 1. The number of ether oxygens (including phenoxy) is 1. The zero-order chi connectivity index (χ0) is 19.4. The molecule has 0 aromatic heterocycles. The monoisotopic (exact) mass is 387 g/mol. The maximum absolute atomic E-state index is 12.7. The zero-order valence-corrected chi connectivity index (χ0v) is 16.5. The number of carbonyl (C=O) groups excluding carboxylic acids is 1. The van der Waals surface area contributed by atoms with Crippen molar-refractivity contribution in [2.45, 2.75) is 56.6 Å². The van der Waals surface area contributed by atoms with Crippen LogP contribution in [-0.4, -0.2) is 26.5 Å². The lowest BCUT2D eigenvalue weighted by molar-refractivity contribution is 0.0130. The third kappa shape index (κ3) is 4.96. The van der Waals surface area contributed by atoms with Gasteiger partial charge in [0.2, 0.25) is 10.0 Å². The minimum absolute atomic E-state index is 0.224. The highest BCUT2D eigenvalue weighted by atomic mass is 32.2. The molecule has 2 aromatic rings. The van der Waals surface area contributed by atoms with Crippen molar-refractivity contribution in [1.82, 2.24) is 4.72 Å². The van der Waals surface area contributed by atoms with Crippen molar-refractivity contribution in [3.8, 4) is 0 Å². The van der Waals surface area contributed by atoms with E-state index >= 15 is 0 Å². The molecule has 144 valence electrons. The van der Waals surface area contributed by atoms with E-state index in [0.29, 0.717) is 18.4 Å². The van der Waals surface area contributed by atoms with Crippen LogP contribution in [0.25, 0.3) is 0 Å². The van der Waals surface area contributed by atoms with Crippen LogP contribution in [0.5, 0.6) is 0 Å². The summed E-state index contributed by atoms with van der Waals surface area (Å²) in [5.41, 5.74) is 2.54. The molecular weight excluding hydrogens is 362 g/mol. The molecule has 6 heteroatoms. The lowest BCUT2D eigenvalue weighted by Crippen LogP contribution is -2.46. The van der Waals surface area contributed by atoms with Crippen molar-refractivity contribution in [2.75, 3.05) is 0 Å². The quantitative estimate of drug-likeness (QED) is 0.793. The Morgan fingerprint density at radius 2 is 1.48 bits per heavy atom. The average Bonchev–Trinajstić information content (AvgIpc) is 2.64. The van der Waals surface area contributed by atoms with Crippen LogP contribution in [0.4, 0.5) is 0 Å². The first-order valence-corrected chi connectivity index (χ1v) is 10.7. The third-order valence-corrected chi connectivity index (χ3v) is 6.39. The summed E-state index contributed by atoms with van der Waals surface area (Å²) in [6.45, 7) is 3.86. The normalized spacial score (nSPS) is 20.2. The molecule has 3 rings (SSSR count). The van der Waals surface area contributed by atoms with Crippen molar-refractivity contribution in [2.24, 2.45) is 0 Å². The molecule has 1 saturated carbocycles. The Balaban J connectivity index is 1.72. The Kier molecular flexibility index (Phi) is 5.97. The van der Waals surface area contributed by atoms with Crippen LogP contribution in [0.1, 0.15) is 47.2 Å². The highest BCUT2D eigenvalue weighted by Crippen LogP contribution is 2.24. The fourth-order valence-electron chi connectivity index (χ4n) is 3.25. The summed E-state index contributed by atoms with van der Waals surface area (Å²) in [6, 6.07) is 13.5. The van der Waals surface area contributed by atoms with Gasteiger partial charge < -0.3 is 4.74 Å². The van der Waals surface area contributed by atoms with Crippen molar-refractivity contribution in [1.29, 1.82) is 0 Å². The number of aryl methyl sites for hydroxylation is 2. The molecule has 0 spiro atoms. The van der Waals surface area contributed by atoms with Gasteiger partial charge in [0.1, 0.15) is 6.10 Å². The van der Waals surface area contributed by atoms with Gasteiger partial charge in [0, 0.05) is 0 Å². The van der Waals surface area contributed by atoms with Crippen molar-refractivity contribution in [3.05, 3.63) is 65.2 Å². The van der Waals surface area contributed by atoms with Gasteiger partial charge in [-0.15, -0.1) is 0 Å². The van der Waals surface area contributed by atoms with Gasteiger partial charge in [0.25, 0.3) is 0 Å². The maximum atomic E-state index is 12.7. The number of carbonyl (C=O) groups is 1. The molecule has 1 aliphatic rings. The first-order chi connectivity index (χ1) is 12.8. The molecule has 0 bridgehead atoms. The molecule has 2 atom stereocenters. The zero-order valence-electron chi connectivity index (χ0n) is 15.6. The molecular formula is C21H25NO4S. The molecule has 5 nitrogen and oxygen atoms in total. The van der Waals surface area contributed by atoms with Gasteiger partial charge in [-0.05, 0) is 57.4 Å². The van der Waals surface area contributed by atoms with Gasteiger partial charge in [0.05, 0.1) is 16.5 Å². The lowest BCUT2D eigenvalue weighted by atomic mass is 9.93. The number of hydrogen-bond donors (Lipinski definition) is 1. The Hall–Kier alpha value is -2.18. The van der Waals surface area contributed by atoms with E-state index in [2.05, 4.69) is 4.72 Å². The molecule has 1 fully saturated rings. The van der Waals surface area contributed by atoms with Gasteiger partial charge in [-0.1, -0.05) is 41.8 Å². The van der Waals surface area contributed by atoms with E-state index < -0.39 is 28.1 Å². The van der Waals surface area contributed by atoms with E-state index in [1.165, 1.54) is 0 Å². The Bertz CT molecular complexity index is 889. The molecule has 1 aliphatic carbocycles. The fourth-order valence-corrected chi connectivity index (χ4v) is 4.55. The fraction of sp³-hybridized carbons (Fsp3) is 0.381. The molecule has 0 saturated heterocycles. The Labute approximate surface area is 160 Å². The highest BCUT2D eigenvalue weighted by molar-refractivity contribution is 7.89. The van der Waals surface area contributed by atoms with Crippen LogP contribution in [0.15, 0.2) is 53.4 Å². The second-order valence-electron chi connectivity index (χ2n) is 7.14. The molecule has 2 aromatic carbocycles. The van der Waals surface area contributed by atoms with Gasteiger partial charge in [-0.2, -0.15) is 0 Å². The second-order valence-corrected chi connectivity index (χ2v) is 8.85. The second kappa shape index (κ2) is 8.23. The third-order valence-electron chi connectivity index (χ3n) is 4.89. The minimum atomic E-state index is -3.66. The molecule has 0 aliphatic heterocycles. The highest BCUT2D eigenvalue weighted by Gasteiger charge is 2.32. The van der Waals surface area contributed by atoms with Crippen molar-refractivity contribution >= 4 is 16.0 Å². The number of esters is 1. The molecule has 27 heavy (non-hydrogen) atoms. The molecule has 1 N–H and O–H groups in total. The summed E-state index contributed by atoms with van der Waals surface area (Å²) < 4.78 is 33.8. The summed E-state index contributed by atoms with van der Waals surface area (Å²) in [5.74, 6) is -0.415. The number of hydrogen-bond acceptors (Lipinski definition) is 4. The van der Waals surface area contributed by atoms with Crippen LogP contribution >= 0.6 is 0 Å². The predicted molar refractivity (Wildman–Crippen MR) is 104 cm³/mol. The topological polar surface area (TPSA) is 72.5 Å². The molecule has 0 radical (unpaired) electrons. The first-order valence-electron chi connectivity index (χ1n) is 9.22. The standard InChI is InChI=1S/C21H25NO4S/c1-15-7-11-17(12-8-15)21(23)26-20-6-4-3-5-19(20)22-27(24,25)18-13-9-16(2)10-14-18/h7-14,19-20,22H,3-6H2,1-2H3/t19-,20-/m1/s1. The van der Waals surface area contributed by atoms with E-state index in [1.807, 2.05) is 26.0 Å². The Morgan fingerprint density at radius 1 is 0.926 bits per heavy atom. The summed E-state index contributed by atoms with van der Waals surface area (Å²) in [6.07, 6.45) is 2.65. The lowest BCUT2D eigenvalue weighted by Gasteiger charge is -2.31. The van der Waals surface area contributed by atoms with Gasteiger partial charge in [0.15, 0.2) is 0 Å². The average molecular weight is 388 g/mol. The van der Waals surface area contributed by atoms with Crippen molar-refractivity contribution < 1.29 is 17.9 Å². The van der Waals surface area contributed by atoms with Crippen LogP contribution < -0.4 is 4.72 Å². The number of sulfonamides is 1. The van der Waals surface area contributed by atoms with Crippen LogP contribution in [0.3, 0.4) is 0 Å². The van der Waals surface area contributed by atoms with E-state index in [9.17, 15) is 13.2 Å². The Morgan fingerprint density at radius 3 is 2.11 bits per heavy atom. The number of benzene rings is 2. The molecule has 0 heterocycles. The molecule has 0 unspecified atom stereocenters. The number of rotatable bonds is 5. The minimum Gasteiger partial charge on any atom is -0.457 e. The van der Waals surface area contributed by atoms with E-state index in [4.69, 9.17) is 4.74 Å². The largest absolute Gasteiger partial charge is 0.457 e. The van der Waals surface area contributed by atoms with Gasteiger partial charge in [-0.3, -0.25) is 0 Å². The van der Waals surface area contributed by atoms with E-state index in [-0.39, 0.29) is 4.90 Å². The van der Waals surface area contributed by atoms with Crippen LogP contribution in [0.2, 0.25) is 0 Å². The summed E-state index contributed by atoms with van der Waals surface area (Å²) in [4.78, 5) is 12.7.